The molecule has 68 valence electrons. The Balaban J connectivity index is 3.54. The predicted molar refractivity (Wildman–Crippen MR) is 54.5 cm³/mol. The predicted octanol–water partition coefficient (Wildman–Crippen LogP) is 1.70. The normalized spacial score (nSPS) is 12.2. The van der Waals surface area contributed by atoms with Gasteiger partial charge in [-0.2, -0.15) is 0 Å². The molecule has 0 fully saturated rings. The van der Waals surface area contributed by atoms with Gasteiger partial charge in [-0.15, -0.1) is 0 Å². The zero-order valence-corrected chi connectivity index (χ0v) is 7.50. The Morgan fingerprint density at radius 2 is 2.08 bits per heavy atom. The number of hydrogen-bond acceptors (Lipinski definition) is 2. The van der Waals surface area contributed by atoms with Crippen molar-refractivity contribution in [3.05, 3.63) is 36.6 Å². The van der Waals surface area contributed by atoms with Crippen LogP contribution in [0.25, 0.3) is 0 Å². The Bertz CT molecular complexity index is 169. The van der Waals surface area contributed by atoms with E-state index in [1.807, 2.05) is 18.2 Å². The van der Waals surface area contributed by atoms with Gasteiger partial charge >= 0.3 is 0 Å². The third-order valence-electron chi connectivity index (χ3n) is 1.46. The molecule has 0 aromatic rings. The van der Waals surface area contributed by atoms with Gasteiger partial charge in [0.25, 0.3) is 0 Å². The average Bonchev–Trinajstić information content (AvgIpc) is 2.09. The van der Waals surface area contributed by atoms with Crippen LogP contribution >= 0.6 is 0 Å². The molecule has 0 aliphatic rings. The fraction of sp³-hybridized carbons (Fsp3) is 0.400. The standard InChI is InChI=1S/C10H18N2/c1-2-3-7-10(12)8-5-4-6-9-11/h2-3,7-8H,1,4-6,9,11-12H2/b7-3-,10-8+. The molecule has 0 saturated carbocycles. The minimum absolute atomic E-state index is 0.760. The molecular weight excluding hydrogens is 148 g/mol. The van der Waals surface area contributed by atoms with Gasteiger partial charge in [0.2, 0.25) is 0 Å². The lowest BCUT2D eigenvalue weighted by Crippen LogP contribution is -1.98. The topological polar surface area (TPSA) is 52.0 Å². The first-order chi connectivity index (χ1) is 5.81. The summed E-state index contributed by atoms with van der Waals surface area (Å²) in [5.74, 6) is 0. The van der Waals surface area contributed by atoms with E-state index < -0.39 is 0 Å². The lowest BCUT2D eigenvalue weighted by molar-refractivity contribution is 0.756. The number of nitrogens with two attached hydrogens (primary N) is 2. The fourth-order valence-electron chi connectivity index (χ4n) is 0.805. The van der Waals surface area contributed by atoms with Gasteiger partial charge in [0.1, 0.15) is 0 Å². The molecule has 12 heavy (non-hydrogen) atoms. The van der Waals surface area contributed by atoms with Gasteiger partial charge in [-0.1, -0.05) is 24.8 Å². The van der Waals surface area contributed by atoms with Crippen LogP contribution in [0.3, 0.4) is 0 Å². The second-order valence-corrected chi connectivity index (χ2v) is 2.58. The Kier molecular flexibility index (Phi) is 7.39. The third-order valence-corrected chi connectivity index (χ3v) is 1.46. The van der Waals surface area contributed by atoms with Crippen LogP contribution in [0.15, 0.2) is 36.6 Å². The lowest BCUT2D eigenvalue weighted by atomic mass is 10.2. The van der Waals surface area contributed by atoms with Gasteiger partial charge in [0, 0.05) is 5.70 Å². The van der Waals surface area contributed by atoms with Gasteiger partial charge in [-0.25, -0.2) is 0 Å². The van der Waals surface area contributed by atoms with Crippen LogP contribution in [-0.4, -0.2) is 6.54 Å². The zero-order chi connectivity index (χ0) is 9.23. The summed E-state index contributed by atoms with van der Waals surface area (Å²) in [6, 6.07) is 0. The van der Waals surface area contributed by atoms with E-state index >= 15 is 0 Å². The summed E-state index contributed by atoms with van der Waals surface area (Å²) in [4.78, 5) is 0. The first-order valence-corrected chi connectivity index (χ1v) is 4.26. The van der Waals surface area contributed by atoms with Crippen LogP contribution in [0.1, 0.15) is 19.3 Å². The zero-order valence-electron chi connectivity index (χ0n) is 7.50. The fourth-order valence-corrected chi connectivity index (χ4v) is 0.805. The third kappa shape index (κ3) is 7.09. The second kappa shape index (κ2) is 8.08. The number of rotatable bonds is 6. The van der Waals surface area contributed by atoms with Crippen molar-refractivity contribution in [2.75, 3.05) is 6.54 Å². The summed E-state index contributed by atoms with van der Waals surface area (Å²) in [5.41, 5.74) is 11.8. The van der Waals surface area contributed by atoms with Crippen LogP contribution in [-0.2, 0) is 0 Å². The first kappa shape index (κ1) is 11.0. The number of unbranched alkanes of at least 4 members (excludes halogenated alkanes) is 2. The average molecular weight is 166 g/mol. The molecule has 0 rings (SSSR count). The van der Waals surface area contributed by atoms with Crippen LogP contribution in [0.2, 0.25) is 0 Å². The van der Waals surface area contributed by atoms with Crippen molar-refractivity contribution in [3.8, 4) is 0 Å². The van der Waals surface area contributed by atoms with Crippen molar-refractivity contribution in [2.24, 2.45) is 11.5 Å². The van der Waals surface area contributed by atoms with E-state index in [4.69, 9.17) is 11.5 Å². The van der Waals surface area contributed by atoms with Crippen molar-refractivity contribution in [2.45, 2.75) is 19.3 Å². The Morgan fingerprint density at radius 3 is 2.67 bits per heavy atom. The summed E-state index contributed by atoms with van der Waals surface area (Å²) in [7, 11) is 0. The summed E-state index contributed by atoms with van der Waals surface area (Å²) in [6.07, 6.45) is 10.6. The molecule has 0 aromatic heterocycles. The van der Waals surface area contributed by atoms with E-state index in [9.17, 15) is 0 Å². The molecule has 0 spiro atoms. The molecule has 2 nitrogen and oxygen atoms in total. The molecule has 2 heteroatoms. The summed E-state index contributed by atoms with van der Waals surface area (Å²) in [6.45, 7) is 4.32. The number of hydrogen-bond donors (Lipinski definition) is 2. The molecule has 0 atom stereocenters. The Labute approximate surface area is 74.6 Å². The van der Waals surface area contributed by atoms with Gasteiger partial charge < -0.3 is 11.5 Å². The molecule has 0 amide bonds. The minimum Gasteiger partial charge on any atom is -0.399 e. The Morgan fingerprint density at radius 1 is 1.33 bits per heavy atom. The highest BCUT2D eigenvalue weighted by atomic mass is 14.5. The van der Waals surface area contributed by atoms with Crippen molar-refractivity contribution < 1.29 is 0 Å². The lowest BCUT2D eigenvalue weighted by Gasteiger charge is -1.94. The van der Waals surface area contributed by atoms with E-state index in [0.717, 1.165) is 31.5 Å². The summed E-state index contributed by atoms with van der Waals surface area (Å²) < 4.78 is 0. The highest BCUT2D eigenvalue weighted by Gasteiger charge is 1.84. The van der Waals surface area contributed by atoms with E-state index in [1.54, 1.807) is 6.08 Å². The molecule has 0 aliphatic heterocycles. The van der Waals surface area contributed by atoms with E-state index in [0.29, 0.717) is 0 Å². The van der Waals surface area contributed by atoms with Crippen molar-refractivity contribution in [1.29, 1.82) is 0 Å². The maximum absolute atomic E-state index is 5.64. The monoisotopic (exact) mass is 166 g/mol. The van der Waals surface area contributed by atoms with Crippen LogP contribution in [0.4, 0.5) is 0 Å². The molecule has 0 heterocycles. The van der Waals surface area contributed by atoms with Gasteiger partial charge in [-0.05, 0) is 31.9 Å². The molecular formula is C10H18N2. The highest BCUT2D eigenvalue weighted by molar-refractivity contribution is 5.17. The van der Waals surface area contributed by atoms with Crippen molar-refractivity contribution in [1.82, 2.24) is 0 Å². The van der Waals surface area contributed by atoms with Crippen molar-refractivity contribution in [3.63, 3.8) is 0 Å². The van der Waals surface area contributed by atoms with E-state index in [1.165, 1.54) is 0 Å². The SMILES string of the molecule is C=C/C=C\C(N)=C/CCCCN. The molecule has 4 N–H and O–H groups in total. The number of allylic oxidation sites excluding steroid dienone is 4. The largest absolute Gasteiger partial charge is 0.399 e. The summed E-state index contributed by atoms with van der Waals surface area (Å²) in [5, 5.41) is 0. The first-order valence-electron chi connectivity index (χ1n) is 4.26. The van der Waals surface area contributed by atoms with Gasteiger partial charge in [0.15, 0.2) is 0 Å². The maximum Gasteiger partial charge on any atom is 0.0273 e. The molecule has 0 aromatic carbocycles. The summed E-state index contributed by atoms with van der Waals surface area (Å²) >= 11 is 0. The molecule has 0 bridgehead atoms. The quantitative estimate of drug-likeness (QED) is 0.466. The highest BCUT2D eigenvalue weighted by Crippen LogP contribution is 1.97. The van der Waals surface area contributed by atoms with Crippen LogP contribution in [0.5, 0.6) is 0 Å². The molecule has 0 unspecified atom stereocenters. The van der Waals surface area contributed by atoms with Crippen LogP contribution in [0, 0.1) is 0 Å². The second-order valence-electron chi connectivity index (χ2n) is 2.58. The van der Waals surface area contributed by atoms with E-state index in [2.05, 4.69) is 6.58 Å². The molecule has 0 aliphatic carbocycles. The smallest absolute Gasteiger partial charge is 0.0273 e. The maximum atomic E-state index is 5.64. The molecule has 0 saturated heterocycles. The van der Waals surface area contributed by atoms with Gasteiger partial charge in [0.05, 0.1) is 0 Å². The van der Waals surface area contributed by atoms with E-state index in [-0.39, 0.29) is 0 Å². The minimum atomic E-state index is 0.760. The Hall–Kier alpha value is -1.02. The van der Waals surface area contributed by atoms with Crippen molar-refractivity contribution >= 4 is 0 Å². The van der Waals surface area contributed by atoms with Gasteiger partial charge in [-0.3, -0.25) is 0 Å². The van der Waals surface area contributed by atoms with Crippen LogP contribution < -0.4 is 11.5 Å². The molecule has 0 radical (unpaired) electrons.